The fourth-order valence-electron chi connectivity index (χ4n) is 5.46. The lowest BCUT2D eigenvalue weighted by atomic mass is 9.96. The summed E-state index contributed by atoms with van der Waals surface area (Å²) >= 11 is 0. The number of aliphatic imine (C=N–C) groups is 2. The molecule has 0 radical (unpaired) electrons. The lowest BCUT2D eigenvalue weighted by Gasteiger charge is -2.34. The van der Waals surface area contributed by atoms with Gasteiger partial charge in [0.1, 0.15) is 17.0 Å². The molecular formula is C27H28F5N7O2. The number of likely N-dealkylation sites (tertiary alicyclic amines) is 1. The van der Waals surface area contributed by atoms with E-state index in [0.717, 1.165) is 12.3 Å². The van der Waals surface area contributed by atoms with Crippen molar-refractivity contribution in [2.24, 2.45) is 9.98 Å². The summed E-state index contributed by atoms with van der Waals surface area (Å²) in [5, 5.41) is 6.98. The lowest BCUT2D eigenvalue weighted by Crippen LogP contribution is -2.48. The normalized spacial score (nSPS) is 24.0. The Labute approximate surface area is 232 Å². The van der Waals surface area contributed by atoms with Gasteiger partial charge in [-0.2, -0.15) is 4.98 Å². The lowest BCUT2D eigenvalue weighted by molar-refractivity contribution is -0.0612. The zero-order chi connectivity index (χ0) is 28.9. The van der Waals surface area contributed by atoms with Crippen LogP contribution >= 0.6 is 0 Å². The molecule has 1 N–H and O–H groups in total. The molecule has 0 aliphatic carbocycles. The fourth-order valence-corrected chi connectivity index (χ4v) is 5.46. The van der Waals surface area contributed by atoms with Crippen molar-refractivity contribution in [3.05, 3.63) is 35.5 Å². The van der Waals surface area contributed by atoms with Crippen LogP contribution in [0.15, 0.2) is 28.3 Å². The minimum absolute atomic E-state index is 0.0141. The highest BCUT2D eigenvalue weighted by Crippen LogP contribution is 2.39. The highest BCUT2D eigenvalue weighted by molar-refractivity contribution is 5.98. The van der Waals surface area contributed by atoms with Crippen LogP contribution in [-0.4, -0.2) is 95.6 Å². The number of fused-ring (bicyclic) bond motifs is 2. The fraction of sp³-hybridized carbons (Fsp3) is 0.481. The highest BCUT2D eigenvalue weighted by atomic mass is 19.3. The van der Waals surface area contributed by atoms with E-state index < -0.39 is 36.3 Å². The van der Waals surface area contributed by atoms with Gasteiger partial charge in [-0.3, -0.25) is 9.89 Å². The van der Waals surface area contributed by atoms with Gasteiger partial charge in [0.25, 0.3) is 12.4 Å². The second kappa shape index (κ2) is 10.7. The number of halogens is 5. The second-order valence-corrected chi connectivity index (χ2v) is 10.4. The van der Waals surface area contributed by atoms with Crippen molar-refractivity contribution in [2.45, 2.75) is 43.9 Å². The largest absolute Gasteiger partial charge is 0.479 e. The third kappa shape index (κ3) is 5.08. The minimum Gasteiger partial charge on any atom is -0.479 e. The molecule has 0 saturated carbocycles. The Morgan fingerprint density at radius 1 is 1.24 bits per heavy atom. The van der Waals surface area contributed by atoms with Crippen LogP contribution in [0.3, 0.4) is 0 Å². The molecule has 9 nitrogen and oxygen atoms in total. The summed E-state index contributed by atoms with van der Waals surface area (Å²) in [6.07, 6.45) is 0.326. The van der Waals surface area contributed by atoms with E-state index in [9.17, 15) is 8.78 Å². The molecule has 2 atom stereocenters. The smallest absolute Gasteiger partial charge is 0.270 e. The number of ether oxygens (including phenoxy) is 2. The van der Waals surface area contributed by atoms with Crippen LogP contribution in [0, 0.1) is 11.6 Å². The Balaban J connectivity index is 1.37. The summed E-state index contributed by atoms with van der Waals surface area (Å²) in [6.45, 7) is 2.76. The Morgan fingerprint density at radius 3 is 2.73 bits per heavy atom. The number of rotatable bonds is 8. The van der Waals surface area contributed by atoms with Gasteiger partial charge >= 0.3 is 0 Å². The average molecular weight is 578 g/mol. The standard InChI is InChI=1S/C27H28F5N7O2/c1-3-27(32)13-38(17-11-41-12-17)10-20(27)35-26-36-25(40-2)24-22(19(29)9-39(24)37-26)14-4-15-5-16(33-8-21(30)31)7-34-23(15)18(28)6-14/h4,6-7,9,16-17,21,33H,3,5,8,10-13H2,1-2H3/b35-20+/t16-,27?/m0/s1. The third-order valence-corrected chi connectivity index (χ3v) is 7.78. The third-order valence-electron chi connectivity index (χ3n) is 7.78. The Morgan fingerprint density at radius 2 is 2.05 bits per heavy atom. The maximum Gasteiger partial charge on any atom is 0.270 e. The Hall–Kier alpha value is -3.49. The molecule has 1 unspecified atom stereocenters. The molecule has 14 heteroatoms. The summed E-state index contributed by atoms with van der Waals surface area (Å²) in [6, 6.07) is 2.30. The molecule has 2 fully saturated rings. The van der Waals surface area contributed by atoms with E-state index in [1.165, 1.54) is 17.8 Å². The molecule has 3 aromatic rings. The van der Waals surface area contributed by atoms with Crippen molar-refractivity contribution >= 4 is 29.1 Å². The summed E-state index contributed by atoms with van der Waals surface area (Å²) in [4.78, 5) is 14.8. The highest BCUT2D eigenvalue weighted by Gasteiger charge is 2.46. The predicted octanol–water partition coefficient (Wildman–Crippen LogP) is 4.07. The molecule has 0 amide bonds. The second-order valence-electron chi connectivity index (χ2n) is 10.4. The van der Waals surface area contributed by atoms with E-state index in [1.54, 1.807) is 13.0 Å². The van der Waals surface area contributed by atoms with Crippen LogP contribution in [0.2, 0.25) is 0 Å². The van der Waals surface area contributed by atoms with Gasteiger partial charge in [0, 0.05) is 25.3 Å². The maximum absolute atomic E-state index is 15.8. The zero-order valence-electron chi connectivity index (χ0n) is 22.4. The number of nitrogens with one attached hydrogen (secondary N) is 1. The van der Waals surface area contributed by atoms with Gasteiger partial charge in [-0.25, -0.2) is 31.5 Å². The van der Waals surface area contributed by atoms with Gasteiger partial charge in [0.15, 0.2) is 11.5 Å². The molecular weight excluding hydrogens is 549 g/mol. The first kappa shape index (κ1) is 27.7. The van der Waals surface area contributed by atoms with Crippen molar-refractivity contribution < 1.29 is 31.4 Å². The first-order valence-electron chi connectivity index (χ1n) is 13.3. The van der Waals surface area contributed by atoms with Gasteiger partial charge in [-0.1, -0.05) is 6.92 Å². The van der Waals surface area contributed by atoms with Crippen LogP contribution in [0.5, 0.6) is 5.88 Å². The van der Waals surface area contributed by atoms with Crippen molar-refractivity contribution in [3.8, 4) is 17.0 Å². The first-order valence-corrected chi connectivity index (χ1v) is 13.3. The summed E-state index contributed by atoms with van der Waals surface area (Å²) < 4.78 is 83.5. The van der Waals surface area contributed by atoms with Crippen LogP contribution in [0.25, 0.3) is 16.6 Å². The van der Waals surface area contributed by atoms with E-state index in [1.807, 2.05) is 4.90 Å². The van der Waals surface area contributed by atoms with Crippen molar-refractivity contribution in [2.75, 3.05) is 40.0 Å². The van der Waals surface area contributed by atoms with E-state index >= 15 is 13.2 Å². The first-order chi connectivity index (χ1) is 19.7. The van der Waals surface area contributed by atoms with E-state index in [4.69, 9.17) is 9.47 Å². The molecule has 1 aromatic carbocycles. The Kier molecular flexibility index (Phi) is 7.24. The number of aromatic nitrogens is 3. The maximum atomic E-state index is 15.8. The molecule has 0 bridgehead atoms. The van der Waals surface area contributed by atoms with Crippen molar-refractivity contribution in [1.82, 2.24) is 24.8 Å². The molecule has 3 aliphatic rings. The average Bonchev–Trinajstić information content (AvgIpc) is 3.41. The minimum atomic E-state index is -2.55. The van der Waals surface area contributed by atoms with Gasteiger partial charge < -0.3 is 14.8 Å². The SMILES string of the molecule is CCC1(F)CN(C2COC2)C/C1=N\c1nc(OC)c2c(-c3cc(F)c4c(c3)C[C@H](NCC(F)F)C=N4)c(F)cn2n1. The monoisotopic (exact) mass is 577 g/mol. The van der Waals surface area contributed by atoms with E-state index in [0.29, 0.717) is 18.8 Å². The molecule has 6 rings (SSSR count). The molecule has 41 heavy (non-hydrogen) atoms. The summed E-state index contributed by atoms with van der Waals surface area (Å²) in [5.41, 5.74) is -0.611. The molecule has 218 valence electrons. The number of methoxy groups -OCH3 is 1. The van der Waals surface area contributed by atoms with Gasteiger partial charge in [-0.05, 0) is 36.1 Å². The van der Waals surface area contributed by atoms with E-state index in [-0.39, 0.29) is 71.8 Å². The molecule has 3 aliphatic heterocycles. The van der Waals surface area contributed by atoms with Gasteiger partial charge in [-0.15, -0.1) is 5.10 Å². The number of benzene rings is 1. The predicted molar refractivity (Wildman–Crippen MR) is 142 cm³/mol. The van der Waals surface area contributed by atoms with Gasteiger partial charge in [0.2, 0.25) is 5.88 Å². The van der Waals surface area contributed by atoms with Gasteiger partial charge in [0.05, 0.1) is 50.4 Å². The number of alkyl halides is 3. The number of hydrogen-bond donors (Lipinski definition) is 1. The quantitative estimate of drug-likeness (QED) is 0.407. The molecule has 2 saturated heterocycles. The summed E-state index contributed by atoms with van der Waals surface area (Å²) in [7, 11) is 1.34. The molecule has 2 aromatic heterocycles. The van der Waals surface area contributed by atoms with Crippen LogP contribution < -0.4 is 10.1 Å². The number of nitrogens with zero attached hydrogens (tertiary/aromatic N) is 6. The molecule has 0 spiro atoms. The number of hydrogen-bond acceptors (Lipinski definition) is 8. The van der Waals surface area contributed by atoms with Crippen LogP contribution in [-0.2, 0) is 11.2 Å². The van der Waals surface area contributed by atoms with Crippen LogP contribution in [0.1, 0.15) is 18.9 Å². The van der Waals surface area contributed by atoms with E-state index in [2.05, 4.69) is 25.4 Å². The topological polar surface area (TPSA) is 88.6 Å². The summed E-state index contributed by atoms with van der Waals surface area (Å²) in [5.74, 6) is -1.55. The molecule has 5 heterocycles. The van der Waals surface area contributed by atoms with Crippen molar-refractivity contribution in [1.29, 1.82) is 0 Å². The Bertz CT molecular complexity index is 1540. The zero-order valence-corrected chi connectivity index (χ0v) is 22.4. The van der Waals surface area contributed by atoms with Crippen LogP contribution in [0.4, 0.5) is 33.6 Å². The van der Waals surface area contributed by atoms with Crippen molar-refractivity contribution in [3.63, 3.8) is 0 Å².